The molecule has 1 N–H and O–H groups in total. The van der Waals surface area contributed by atoms with Gasteiger partial charge in [-0.05, 0) is 7.05 Å². The Balaban J connectivity index is 1.87. The molecule has 0 aromatic heterocycles. The van der Waals surface area contributed by atoms with Gasteiger partial charge in [-0.15, -0.1) is 0 Å². The van der Waals surface area contributed by atoms with Crippen molar-refractivity contribution in [3.05, 3.63) is 0 Å². The van der Waals surface area contributed by atoms with Crippen molar-refractivity contribution < 1.29 is 9.57 Å². The third kappa shape index (κ3) is 6.06. The molecule has 0 radical (unpaired) electrons. The number of nitrogens with one attached hydrogen (secondary N) is 1. The van der Waals surface area contributed by atoms with Gasteiger partial charge in [0.15, 0.2) is 0 Å². The van der Waals surface area contributed by atoms with Crippen molar-refractivity contribution in [1.29, 1.82) is 0 Å². The highest BCUT2D eigenvalue weighted by atomic mass is 16.7. The normalized spacial score (nSPS) is 19.6. The number of hydrogen-bond donors (Lipinski definition) is 1. The molecule has 0 aromatic carbocycles. The standard InChI is InChI=1S/C10H23N3O2/c1-12-5-7-13(8-6-12)4-3-11-15-10-9-14-2/h11H,3-10H2,1-2H3. The molecule has 5 nitrogen and oxygen atoms in total. The minimum absolute atomic E-state index is 0.610. The van der Waals surface area contributed by atoms with Crippen LogP contribution in [0.2, 0.25) is 0 Å². The van der Waals surface area contributed by atoms with E-state index in [2.05, 4.69) is 22.3 Å². The van der Waals surface area contributed by atoms with Crippen molar-refractivity contribution in [3.63, 3.8) is 0 Å². The lowest BCUT2D eigenvalue weighted by molar-refractivity contribution is 0.00197. The van der Waals surface area contributed by atoms with Crippen molar-refractivity contribution in [2.45, 2.75) is 0 Å². The molecule has 5 heteroatoms. The van der Waals surface area contributed by atoms with Gasteiger partial charge >= 0.3 is 0 Å². The first-order valence-electron chi connectivity index (χ1n) is 5.57. The molecule has 0 unspecified atom stereocenters. The molecule has 0 spiro atoms. The molecule has 0 atom stereocenters. The molecule has 0 saturated carbocycles. The van der Waals surface area contributed by atoms with Gasteiger partial charge in [-0.3, -0.25) is 9.74 Å². The number of likely N-dealkylation sites (N-methyl/N-ethyl adjacent to an activating group) is 1. The predicted octanol–water partition coefficient (Wildman–Crippen LogP) is -0.599. The molecule has 1 saturated heterocycles. The molecule has 1 rings (SSSR count). The summed E-state index contributed by atoms with van der Waals surface area (Å²) in [4.78, 5) is 9.99. The third-order valence-corrected chi connectivity index (χ3v) is 2.62. The summed E-state index contributed by atoms with van der Waals surface area (Å²) in [7, 11) is 3.84. The summed E-state index contributed by atoms with van der Waals surface area (Å²) in [6, 6.07) is 0. The number of rotatable bonds is 7. The van der Waals surface area contributed by atoms with Crippen LogP contribution in [0.3, 0.4) is 0 Å². The van der Waals surface area contributed by atoms with E-state index in [-0.39, 0.29) is 0 Å². The molecular formula is C10H23N3O2. The average Bonchev–Trinajstić information content (AvgIpc) is 2.26. The summed E-state index contributed by atoms with van der Waals surface area (Å²) < 4.78 is 4.87. The molecule has 0 bridgehead atoms. The summed E-state index contributed by atoms with van der Waals surface area (Å²) in [5.41, 5.74) is 2.94. The van der Waals surface area contributed by atoms with Crippen LogP contribution in [0.4, 0.5) is 0 Å². The van der Waals surface area contributed by atoms with Crippen LogP contribution in [0.5, 0.6) is 0 Å². The Morgan fingerprint density at radius 1 is 1.13 bits per heavy atom. The van der Waals surface area contributed by atoms with Gasteiger partial charge in [-0.25, -0.2) is 5.48 Å². The van der Waals surface area contributed by atoms with Gasteiger partial charge in [0.25, 0.3) is 0 Å². The van der Waals surface area contributed by atoms with Gasteiger partial charge in [-0.1, -0.05) is 0 Å². The number of nitrogens with zero attached hydrogens (tertiary/aromatic N) is 2. The number of ether oxygens (including phenoxy) is 1. The van der Waals surface area contributed by atoms with Crippen LogP contribution in [-0.2, 0) is 9.57 Å². The lowest BCUT2D eigenvalue weighted by atomic mass is 10.3. The lowest BCUT2D eigenvalue weighted by Crippen LogP contribution is -2.46. The van der Waals surface area contributed by atoms with E-state index < -0.39 is 0 Å². The van der Waals surface area contributed by atoms with E-state index in [1.54, 1.807) is 7.11 Å². The summed E-state index contributed by atoms with van der Waals surface area (Å²) in [5, 5.41) is 0. The second kappa shape index (κ2) is 8.01. The van der Waals surface area contributed by atoms with Crippen LogP contribution in [0.15, 0.2) is 0 Å². The van der Waals surface area contributed by atoms with Crippen LogP contribution in [0.25, 0.3) is 0 Å². The number of hydroxylamine groups is 1. The van der Waals surface area contributed by atoms with Gasteiger partial charge in [0.05, 0.1) is 13.2 Å². The van der Waals surface area contributed by atoms with E-state index in [0.29, 0.717) is 13.2 Å². The van der Waals surface area contributed by atoms with Crippen LogP contribution in [-0.4, -0.2) is 76.4 Å². The summed E-state index contributed by atoms with van der Waals surface area (Å²) in [6.07, 6.45) is 0. The SMILES string of the molecule is COCCONCCN1CCN(C)CC1. The Morgan fingerprint density at radius 2 is 1.87 bits per heavy atom. The molecule has 0 amide bonds. The molecule has 15 heavy (non-hydrogen) atoms. The van der Waals surface area contributed by atoms with Crippen LogP contribution in [0, 0.1) is 0 Å². The first-order chi connectivity index (χ1) is 7.33. The Morgan fingerprint density at radius 3 is 2.53 bits per heavy atom. The lowest BCUT2D eigenvalue weighted by Gasteiger charge is -2.32. The average molecular weight is 217 g/mol. The van der Waals surface area contributed by atoms with Crippen LogP contribution in [0.1, 0.15) is 0 Å². The highest BCUT2D eigenvalue weighted by Gasteiger charge is 2.12. The van der Waals surface area contributed by atoms with E-state index in [0.717, 1.165) is 26.2 Å². The van der Waals surface area contributed by atoms with Gasteiger partial charge in [-0.2, -0.15) is 0 Å². The van der Waals surface area contributed by atoms with E-state index in [4.69, 9.17) is 9.57 Å². The fourth-order valence-electron chi connectivity index (χ4n) is 1.54. The van der Waals surface area contributed by atoms with Gasteiger partial charge in [0, 0.05) is 46.4 Å². The zero-order chi connectivity index (χ0) is 10.9. The van der Waals surface area contributed by atoms with Crippen molar-refractivity contribution in [2.75, 3.05) is 66.6 Å². The van der Waals surface area contributed by atoms with Gasteiger partial charge < -0.3 is 9.64 Å². The molecule has 1 aliphatic heterocycles. The monoisotopic (exact) mass is 217 g/mol. The molecule has 0 aromatic rings. The zero-order valence-electron chi connectivity index (χ0n) is 9.87. The Kier molecular flexibility index (Phi) is 6.87. The number of piperazine rings is 1. The maximum atomic E-state index is 5.17. The topological polar surface area (TPSA) is 37.0 Å². The maximum Gasteiger partial charge on any atom is 0.0915 e. The molecule has 0 aliphatic carbocycles. The number of hydrogen-bond acceptors (Lipinski definition) is 5. The largest absolute Gasteiger partial charge is 0.382 e. The minimum Gasteiger partial charge on any atom is -0.382 e. The molecule has 1 fully saturated rings. The van der Waals surface area contributed by atoms with E-state index in [1.165, 1.54) is 13.1 Å². The van der Waals surface area contributed by atoms with Crippen LogP contribution < -0.4 is 5.48 Å². The fraction of sp³-hybridized carbons (Fsp3) is 1.00. The van der Waals surface area contributed by atoms with E-state index in [9.17, 15) is 0 Å². The Bertz CT molecular complexity index is 150. The van der Waals surface area contributed by atoms with Gasteiger partial charge in [0.2, 0.25) is 0 Å². The maximum absolute atomic E-state index is 5.17. The summed E-state index contributed by atoms with van der Waals surface area (Å²) in [5.74, 6) is 0. The zero-order valence-corrected chi connectivity index (χ0v) is 9.87. The van der Waals surface area contributed by atoms with Crippen LogP contribution >= 0.6 is 0 Å². The first-order valence-corrected chi connectivity index (χ1v) is 5.57. The molecule has 1 heterocycles. The third-order valence-electron chi connectivity index (χ3n) is 2.62. The Labute approximate surface area is 92.3 Å². The molecule has 90 valence electrons. The highest BCUT2D eigenvalue weighted by Crippen LogP contribution is 1.97. The second-order valence-electron chi connectivity index (χ2n) is 3.88. The van der Waals surface area contributed by atoms with E-state index >= 15 is 0 Å². The quantitative estimate of drug-likeness (QED) is 0.455. The van der Waals surface area contributed by atoms with Crippen molar-refractivity contribution in [3.8, 4) is 0 Å². The smallest absolute Gasteiger partial charge is 0.0915 e. The molecular weight excluding hydrogens is 194 g/mol. The second-order valence-corrected chi connectivity index (χ2v) is 3.88. The fourth-order valence-corrected chi connectivity index (χ4v) is 1.54. The number of methoxy groups -OCH3 is 1. The minimum atomic E-state index is 0.610. The van der Waals surface area contributed by atoms with Crippen molar-refractivity contribution >= 4 is 0 Å². The highest BCUT2D eigenvalue weighted by molar-refractivity contribution is 4.68. The molecule has 1 aliphatic rings. The van der Waals surface area contributed by atoms with Crippen molar-refractivity contribution in [2.24, 2.45) is 0 Å². The summed E-state index contributed by atoms with van der Waals surface area (Å²) in [6.45, 7) is 7.86. The Hall–Kier alpha value is -0.200. The predicted molar refractivity (Wildman–Crippen MR) is 59.8 cm³/mol. The van der Waals surface area contributed by atoms with Gasteiger partial charge in [0.1, 0.15) is 0 Å². The van der Waals surface area contributed by atoms with E-state index in [1.807, 2.05) is 0 Å². The van der Waals surface area contributed by atoms with Crippen molar-refractivity contribution in [1.82, 2.24) is 15.3 Å². The summed E-state index contributed by atoms with van der Waals surface area (Å²) >= 11 is 0. The first kappa shape index (κ1) is 12.9.